The van der Waals surface area contributed by atoms with Crippen LogP contribution in [0.1, 0.15) is 0 Å². The summed E-state index contributed by atoms with van der Waals surface area (Å²) in [5.41, 5.74) is 1.52. The zero-order valence-electron chi connectivity index (χ0n) is 11.4. The van der Waals surface area contributed by atoms with Gasteiger partial charge in [0.15, 0.2) is 12.0 Å². The number of sulfonamides is 1. The molecule has 0 fully saturated rings. The number of methoxy groups -OCH3 is 1. The molecule has 2 aromatic carbocycles. The minimum atomic E-state index is -3.76. The second-order valence-electron chi connectivity index (χ2n) is 4.44. The highest BCUT2D eigenvalue weighted by atomic mass is 35.5. The molecule has 0 aliphatic heterocycles. The normalized spacial score (nSPS) is 11.5. The number of nitrogens with one attached hydrogen (secondary N) is 1. The second-order valence-corrected chi connectivity index (χ2v) is 6.53. The van der Waals surface area contributed by atoms with Gasteiger partial charge in [-0.1, -0.05) is 11.6 Å². The molecule has 1 heterocycles. The Kier molecular flexibility index (Phi) is 3.67. The fourth-order valence-electron chi connectivity index (χ4n) is 1.95. The monoisotopic (exact) mass is 338 g/mol. The quantitative estimate of drug-likeness (QED) is 0.789. The van der Waals surface area contributed by atoms with Crippen LogP contribution in [0.2, 0.25) is 5.02 Å². The van der Waals surface area contributed by atoms with E-state index in [4.69, 9.17) is 20.8 Å². The summed E-state index contributed by atoms with van der Waals surface area (Å²) in [5, 5.41) is 0.220. The Morgan fingerprint density at radius 2 is 2.05 bits per heavy atom. The van der Waals surface area contributed by atoms with Crippen molar-refractivity contribution in [2.24, 2.45) is 0 Å². The lowest BCUT2D eigenvalue weighted by Crippen LogP contribution is -2.12. The molecule has 0 saturated heterocycles. The lowest BCUT2D eigenvalue weighted by Gasteiger charge is -2.09. The topological polar surface area (TPSA) is 81.4 Å². The first-order valence-corrected chi connectivity index (χ1v) is 8.05. The number of nitrogens with zero attached hydrogens (tertiary/aromatic N) is 1. The summed E-state index contributed by atoms with van der Waals surface area (Å²) >= 11 is 5.96. The van der Waals surface area contributed by atoms with Gasteiger partial charge in [0.2, 0.25) is 0 Å². The molecule has 8 heteroatoms. The number of benzene rings is 2. The summed E-state index contributed by atoms with van der Waals surface area (Å²) in [5.74, 6) is 0.407. The van der Waals surface area contributed by atoms with Crippen LogP contribution >= 0.6 is 11.6 Å². The SMILES string of the molecule is COc1ccc(S(=O)(=O)Nc2ccc3ocnc3c2)cc1Cl. The van der Waals surface area contributed by atoms with E-state index in [-0.39, 0.29) is 9.92 Å². The highest BCUT2D eigenvalue weighted by Gasteiger charge is 2.16. The van der Waals surface area contributed by atoms with Crippen LogP contribution in [0.25, 0.3) is 11.1 Å². The lowest BCUT2D eigenvalue weighted by molar-refractivity contribution is 0.414. The van der Waals surface area contributed by atoms with Crippen molar-refractivity contribution < 1.29 is 17.6 Å². The van der Waals surface area contributed by atoms with Gasteiger partial charge >= 0.3 is 0 Å². The third kappa shape index (κ3) is 2.72. The van der Waals surface area contributed by atoms with Gasteiger partial charge in [-0.05, 0) is 36.4 Å². The predicted molar refractivity (Wildman–Crippen MR) is 82.8 cm³/mol. The minimum absolute atomic E-state index is 0.0403. The van der Waals surface area contributed by atoms with Gasteiger partial charge in [0, 0.05) is 0 Å². The third-order valence-corrected chi connectivity index (χ3v) is 4.69. The van der Waals surface area contributed by atoms with Gasteiger partial charge in [-0.25, -0.2) is 13.4 Å². The van der Waals surface area contributed by atoms with E-state index < -0.39 is 10.0 Å². The molecule has 0 bridgehead atoms. The van der Waals surface area contributed by atoms with Crippen LogP contribution in [0.3, 0.4) is 0 Å². The van der Waals surface area contributed by atoms with E-state index in [2.05, 4.69) is 9.71 Å². The van der Waals surface area contributed by atoms with Gasteiger partial charge in [0.05, 0.1) is 22.7 Å². The minimum Gasteiger partial charge on any atom is -0.495 e. The molecule has 0 aliphatic rings. The van der Waals surface area contributed by atoms with E-state index in [9.17, 15) is 8.42 Å². The number of oxazole rings is 1. The van der Waals surface area contributed by atoms with Crippen LogP contribution in [-0.2, 0) is 10.0 Å². The molecule has 6 nitrogen and oxygen atoms in total. The van der Waals surface area contributed by atoms with Crippen molar-refractivity contribution in [2.45, 2.75) is 4.90 Å². The molecule has 0 radical (unpaired) electrons. The molecule has 3 aromatic rings. The van der Waals surface area contributed by atoms with Gasteiger partial charge in [-0.3, -0.25) is 4.72 Å². The summed E-state index contributed by atoms with van der Waals surface area (Å²) in [6, 6.07) is 9.07. The van der Waals surface area contributed by atoms with Crippen LogP contribution in [0.15, 0.2) is 52.1 Å². The maximum atomic E-state index is 12.4. The largest absolute Gasteiger partial charge is 0.495 e. The van der Waals surface area contributed by atoms with Crippen molar-refractivity contribution >= 4 is 38.4 Å². The zero-order valence-corrected chi connectivity index (χ0v) is 13.0. The molecule has 0 saturated carbocycles. The van der Waals surface area contributed by atoms with Crippen LogP contribution in [-0.4, -0.2) is 20.5 Å². The van der Waals surface area contributed by atoms with Crippen LogP contribution in [0, 0.1) is 0 Å². The van der Waals surface area contributed by atoms with Gasteiger partial charge in [-0.2, -0.15) is 0 Å². The first kappa shape index (κ1) is 14.7. The fourth-order valence-corrected chi connectivity index (χ4v) is 3.35. The number of rotatable bonds is 4. The Labute approximate surface area is 131 Å². The summed E-state index contributed by atoms with van der Waals surface area (Å²) < 4.78 is 37.3. The molecule has 3 rings (SSSR count). The molecule has 0 unspecified atom stereocenters. The Morgan fingerprint density at radius 1 is 1.23 bits per heavy atom. The summed E-state index contributed by atoms with van der Waals surface area (Å²) in [6.45, 7) is 0. The molecule has 0 spiro atoms. The molecule has 0 aliphatic carbocycles. The molecule has 0 atom stereocenters. The average Bonchev–Trinajstić information content (AvgIpc) is 2.94. The molecule has 22 heavy (non-hydrogen) atoms. The zero-order chi connectivity index (χ0) is 15.7. The first-order chi connectivity index (χ1) is 10.5. The number of ether oxygens (including phenoxy) is 1. The van der Waals surface area contributed by atoms with Gasteiger partial charge in [0.25, 0.3) is 10.0 Å². The summed E-state index contributed by atoms with van der Waals surface area (Å²) in [7, 11) is -2.30. The van der Waals surface area contributed by atoms with E-state index in [1.54, 1.807) is 18.2 Å². The molecule has 1 aromatic heterocycles. The smallest absolute Gasteiger partial charge is 0.261 e. The molecular formula is C14H11ClN2O4S. The highest BCUT2D eigenvalue weighted by Crippen LogP contribution is 2.28. The summed E-state index contributed by atoms with van der Waals surface area (Å²) in [6.07, 6.45) is 1.30. The summed E-state index contributed by atoms with van der Waals surface area (Å²) in [4.78, 5) is 4.02. The first-order valence-electron chi connectivity index (χ1n) is 6.19. The molecule has 0 amide bonds. The maximum Gasteiger partial charge on any atom is 0.261 e. The Balaban J connectivity index is 1.93. The maximum absolute atomic E-state index is 12.4. The molecule has 1 N–H and O–H groups in total. The van der Waals surface area contributed by atoms with Gasteiger partial charge in [-0.15, -0.1) is 0 Å². The van der Waals surface area contributed by atoms with Crippen molar-refractivity contribution in [3.8, 4) is 5.75 Å². The Bertz CT molecular complexity index is 937. The lowest BCUT2D eigenvalue weighted by atomic mass is 10.3. The third-order valence-electron chi connectivity index (χ3n) is 3.02. The number of halogens is 1. The van der Waals surface area contributed by atoms with E-state index in [1.165, 1.54) is 31.7 Å². The second kappa shape index (κ2) is 5.51. The number of hydrogen-bond donors (Lipinski definition) is 1. The van der Waals surface area contributed by atoms with Crippen LogP contribution in [0.5, 0.6) is 5.75 Å². The number of fused-ring (bicyclic) bond motifs is 1. The number of hydrogen-bond acceptors (Lipinski definition) is 5. The van der Waals surface area contributed by atoms with Crippen LogP contribution in [0.4, 0.5) is 5.69 Å². The van der Waals surface area contributed by atoms with Crippen molar-refractivity contribution in [2.75, 3.05) is 11.8 Å². The molecule has 114 valence electrons. The standard InChI is InChI=1S/C14H11ClN2O4S/c1-20-13-5-3-10(7-11(13)15)22(18,19)17-9-2-4-14-12(6-9)16-8-21-14/h2-8,17H,1H3. The fraction of sp³-hybridized carbons (Fsp3) is 0.0714. The van der Waals surface area contributed by atoms with Gasteiger partial charge in [0.1, 0.15) is 11.3 Å². The number of aromatic nitrogens is 1. The van der Waals surface area contributed by atoms with E-state index >= 15 is 0 Å². The van der Waals surface area contributed by atoms with E-state index in [0.29, 0.717) is 22.5 Å². The van der Waals surface area contributed by atoms with E-state index in [1.807, 2.05) is 0 Å². The Morgan fingerprint density at radius 3 is 2.77 bits per heavy atom. The van der Waals surface area contributed by atoms with Crippen molar-refractivity contribution in [3.63, 3.8) is 0 Å². The van der Waals surface area contributed by atoms with Gasteiger partial charge < -0.3 is 9.15 Å². The number of anilines is 1. The van der Waals surface area contributed by atoms with Crippen molar-refractivity contribution in [3.05, 3.63) is 47.8 Å². The van der Waals surface area contributed by atoms with Crippen LogP contribution < -0.4 is 9.46 Å². The van der Waals surface area contributed by atoms with Crippen molar-refractivity contribution in [1.29, 1.82) is 0 Å². The molecular weight excluding hydrogens is 328 g/mol. The van der Waals surface area contributed by atoms with Crippen molar-refractivity contribution in [1.82, 2.24) is 4.98 Å². The predicted octanol–water partition coefficient (Wildman–Crippen LogP) is 3.29. The highest BCUT2D eigenvalue weighted by molar-refractivity contribution is 7.92. The Hall–Kier alpha value is -2.25. The van der Waals surface area contributed by atoms with E-state index in [0.717, 1.165) is 0 Å². The average molecular weight is 339 g/mol.